The molecule has 0 aromatic heterocycles. The summed E-state index contributed by atoms with van der Waals surface area (Å²) in [7, 11) is 0. The molecule has 14 atom stereocenters. The molecule has 3 aromatic rings. The number of Topliss-reactive ketones (excluding diaryl/α,β-unsaturated/α-hetero) is 4. The van der Waals surface area contributed by atoms with Gasteiger partial charge in [0.15, 0.2) is 11.6 Å². The number of rotatable bonds is 3. The first kappa shape index (κ1) is 61.2. The van der Waals surface area contributed by atoms with E-state index in [1.165, 1.54) is 61.3 Å². The maximum Gasteiger partial charge on any atom is 0.156 e. The van der Waals surface area contributed by atoms with Crippen LogP contribution in [-0.4, -0.2) is 34.7 Å². The van der Waals surface area contributed by atoms with E-state index in [4.69, 9.17) is 0 Å². The van der Waals surface area contributed by atoms with Crippen molar-refractivity contribution in [2.75, 3.05) is 0 Å². The van der Waals surface area contributed by atoms with E-state index in [9.17, 15) is 28.8 Å². The molecule has 12 aliphatic carbocycles. The highest BCUT2D eigenvalue weighted by atomic mass is 16.1. The standard InChI is InChI=1S/3C24H26O2.3C2H6/c3*1-14-22(15-5-3-2-4-6-15)24-18-10-8-17(25)13-16(18)7-9-20(24)19-11-12-21(26)23(14)19;3*1-2/h2-6,14,19-20,23H,7-13H2,1H3;2*2-6,13-14,19-20,22-23H,7-12H2,1H3;3*1-2H3/t14-,19?,20?,23?;14-,19?,20?,22+,23?;14-,19?,20?,22-,23?;;;/m111.../s1. The van der Waals surface area contributed by atoms with E-state index in [2.05, 4.69) is 112 Å². The average Bonchev–Trinajstić information content (AvgIpc) is 1.67. The highest BCUT2D eigenvalue weighted by Crippen LogP contribution is 2.63. The molecule has 12 aliphatic rings. The highest BCUT2D eigenvalue weighted by Gasteiger charge is 2.56. The second-order valence-electron chi connectivity index (χ2n) is 25.9. The summed E-state index contributed by atoms with van der Waals surface area (Å²) < 4.78 is 0. The second-order valence-corrected chi connectivity index (χ2v) is 25.9. The van der Waals surface area contributed by atoms with Crippen LogP contribution in [0.2, 0.25) is 0 Å². The Balaban J connectivity index is 0.000000134. The van der Waals surface area contributed by atoms with Gasteiger partial charge in [0.1, 0.15) is 23.1 Å². The van der Waals surface area contributed by atoms with Gasteiger partial charge in [0, 0.05) is 74.5 Å². The van der Waals surface area contributed by atoms with Crippen molar-refractivity contribution in [1.29, 1.82) is 0 Å². The smallest absolute Gasteiger partial charge is 0.156 e. The number of benzene rings is 3. The monoisotopic (exact) mass is 1130 g/mol. The van der Waals surface area contributed by atoms with Crippen LogP contribution in [0.15, 0.2) is 153 Å². The van der Waals surface area contributed by atoms with Gasteiger partial charge in [-0.15, -0.1) is 0 Å². The van der Waals surface area contributed by atoms with Gasteiger partial charge >= 0.3 is 0 Å². The SMILES string of the molecule is CC.CC.CC.C[C@@H]1C(c2ccccc2)=C2C3=C(CCC2C2CCC(=O)C21)CC(=O)CC3.C[C@H]1C2C(=O)CCC2C2CCC3=CC(=O)CCC3=C2[C@@H]1c1ccccc1.C[C@H]1C2C(=O)CCC2C2CCC3=CC(=O)CCC3=C2[C@H]1c1ccccc1. The molecule has 3 aromatic carbocycles. The lowest BCUT2D eigenvalue weighted by atomic mass is 9.54. The van der Waals surface area contributed by atoms with Crippen molar-refractivity contribution in [2.24, 2.45) is 71.0 Å². The van der Waals surface area contributed by atoms with Gasteiger partial charge in [-0.3, -0.25) is 28.8 Å². The summed E-state index contributed by atoms with van der Waals surface area (Å²) in [5, 5.41) is 0. The molecule has 0 radical (unpaired) electrons. The molecule has 0 bridgehead atoms. The van der Waals surface area contributed by atoms with Crippen LogP contribution in [0.5, 0.6) is 0 Å². The lowest BCUT2D eigenvalue weighted by Gasteiger charge is -2.49. The van der Waals surface area contributed by atoms with Gasteiger partial charge in [-0.2, -0.15) is 0 Å². The lowest BCUT2D eigenvalue weighted by molar-refractivity contribution is -0.124. The average molecular weight is 1130 g/mol. The van der Waals surface area contributed by atoms with Crippen LogP contribution in [0.4, 0.5) is 0 Å². The second kappa shape index (κ2) is 26.8. The predicted octanol–water partition coefficient (Wildman–Crippen LogP) is 18.2. The first-order valence-corrected chi connectivity index (χ1v) is 33.6. The van der Waals surface area contributed by atoms with Crippen molar-refractivity contribution < 1.29 is 28.8 Å². The number of carbonyl (C=O) groups is 6. The molecule has 0 heterocycles. The summed E-state index contributed by atoms with van der Waals surface area (Å²) in [6, 6.07) is 32.2. The minimum atomic E-state index is 0.200. The molecule has 6 heteroatoms. The van der Waals surface area contributed by atoms with Crippen molar-refractivity contribution in [2.45, 2.75) is 196 Å². The molecule has 0 amide bonds. The summed E-state index contributed by atoms with van der Waals surface area (Å²) in [4.78, 5) is 74.1. The van der Waals surface area contributed by atoms with E-state index in [0.717, 1.165) is 96.3 Å². The van der Waals surface area contributed by atoms with Gasteiger partial charge in [-0.1, -0.05) is 170 Å². The molecule has 0 aliphatic heterocycles. The molecule has 15 rings (SSSR count). The van der Waals surface area contributed by atoms with E-state index in [1.807, 2.05) is 53.7 Å². The van der Waals surface area contributed by atoms with Gasteiger partial charge in [-0.05, 0) is 198 Å². The van der Waals surface area contributed by atoms with Gasteiger partial charge in [0.05, 0.1) is 0 Å². The molecule has 5 fully saturated rings. The molecule has 0 spiro atoms. The summed E-state index contributed by atoms with van der Waals surface area (Å²) in [5.74, 6) is 7.92. The van der Waals surface area contributed by atoms with Crippen LogP contribution in [-0.2, 0) is 28.8 Å². The highest BCUT2D eigenvalue weighted by molar-refractivity contribution is 5.94. The predicted molar refractivity (Wildman–Crippen MR) is 340 cm³/mol. The first-order chi connectivity index (χ1) is 40.9. The van der Waals surface area contributed by atoms with E-state index < -0.39 is 0 Å². The third-order valence-corrected chi connectivity index (χ3v) is 22.3. The van der Waals surface area contributed by atoms with E-state index in [0.29, 0.717) is 108 Å². The van der Waals surface area contributed by atoms with Crippen LogP contribution >= 0.6 is 0 Å². The Morgan fingerprint density at radius 1 is 0.369 bits per heavy atom. The van der Waals surface area contributed by atoms with Crippen LogP contribution in [0.25, 0.3) is 5.57 Å². The Hall–Kier alpha value is -5.88. The zero-order chi connectivity index (χ0) is 59.5. The zero-order valence-corrected chi connectivity index (χ0v) is 52.3. The number of ketones is 6. The molecule has 5 saturated carbocycles. The Kier molecular flexibility index (Phi) is 19.5. The first-order valence-electron chi connectivity index (χ1n) is 33.6. The Morgan fingerprint density at radius 2 is 0.774 bits per heavy atom. The molecule has 9 unspecified atom stereocenters. The van der Waals surface area contributed by atoms with Crippen molar-refractivity contribution in [3.8, 4) is 0 Å². The van der Waals surface area contributed by atoms with Crippen LogP contribution in [0, 0.1) is 71.0 Å². The normalized spacial score (nSPS) is 33.2. The lowest BCUT2D eigenvalue weighted by Crippen LogP contribution is -2.42. The number of hydrogen-bond acceptors (Lipinski definition) is 6. The molecular weight excluding hydrogens is 1030 g/mol. The molecular formula is C78H96O6. The van der Waals surface area contributed by atoms with Crippen LogP contribution in [0.3, 0.4) is 0 Å². The number of hydrogen-bond donors (Lipinski definition) is 0. The fourth-order valence-electron chi connectivity index (χ4n) is 19.4. The topological polar surface area (TPSA) is 102 Å². The van der Waals surface area contributed by atoms with E-state index in [1.54, 1.807) is 11.1 Å². The van der Waals surface area contributed by atoms with Crippen molar-refractivity contribution in [3.05, 3.63) is 170 Å². The van der Waals surface area contributed by atoms with Gasteiger partial charge in [-0.25, -0.2) is 0 Å². The third-order valence-electron chi connectivity index (χ3n) is 22.3. The van der Waals surface area contributed by atoms with E-state index >= 15 is 0 Å². The summed E-state index contributed by atoms with van der Waals surface area (Å²) in [6.45, 7) is 18.9. The molecule has 444 valence electrons. The van der Waals surface area contributed by atoms with Crippen LogP contribution in [0.1, 0.15) is 213 Å². The van der Waals surface area contributed by atoms with Crippen LogP contribution < -0.4 is 0 Å². The van der Waals surface area contributed by atoms with Crippen molar-refractivity contribution in [3.63, 3.8) is 0 Å². The summed E-state index contributed by atoms with van der Waals surface area (Å²) >= 11 is 0. The molecule has 6 nitrogen and oxygen atoms in total. The summed E-state index contributed by atoms with van der Waals surface area (Å²) in [5.41, 5.74) is 18.5. The maximum absolute atomic E-state index is 12.7. The minimum absolute atomic E-state index is 0.200. The van der Waals surface area contributed by atoms with Gasteiger partial charge < -0.3 is 0 Å². The fourth-order valence-corrected chi connectivity index (χ4v) is 19.4. The largest absolute Gasteiger partial charge is 0.299 e. The quantitative estimate of drug-likeness (QED) is 0.259. The molecule has 0 saturated heterocycles. The number of allylic oxidation sites excluding steroid dienone is 12. The number of fused-ring (bicyclic) bond motifs is 12. The van der Waals surface area contributed by atoms with E-state index in [-0.39, 0.29) is 35.2 Å². The Labute approximate surface area is 503 Å². The zero-order valence-electron chi connectivity index (χ0n) is 52.3. The Morgan fingerprint density at radius 3 is 1.24 bits per heavy atom. The maximum atomic E-state index is 12.7. The van der Waals surface area contributed by atoms with Crippen molar-refractivity contribution >= 4 is 40.3 Å². The Bertz CT molecular complexity index is 3040. The fraction of sp³-hybridized carbons (Fsp3) is 0.538. The summed E-state index contributed by atoms with van der Waals surface area (Å²) in [6.07, 6.45) is 21.1. The minimum Gasteiger partial charge on any atom is -0.299 e. The third kappa shape index (κ3) is 11.3. The van der Waals surface area contributed by atoms with Crippen molar-refractivity contribution in [1.82, 2.24) is 0 Å². The van der Waals surface area contributed by atoms with Gasteiger partial charge in [0.25, 0.3) is 0 Å². The molecule has 0 N–H and O–H groups in total. The van der Waals surface area contributed by atoms with Gasteiger partial charge in [0.2, 0.25) is 0 Å². The molecule has 84 heavy (non-hydrogen) atoms. The number of carbonyl (C=O) groups excluding carboxylic acids is 6.